The molecular weight excluding hydrogens is 215 g/mol. The number of rotatable bonds is 1. The van der Waals surface area contributed by atoms with Gasteiger partial charge in [-0.3, -0.25) is 4.57 Å². The largest absolute Gasteiger partial charge is 0.491 e. The zero-order valence-electron chi connectivity index (χ0n) is 8.38. The van der Waals surface area contributed by atoms with Crippen LogP contribution in [0.25, 0.3) is 5.69 Å². The predicted molar refractivity (Wildman–Crippen MR) is 54.3 cm³/mol. The van der Waals surface area contributed by atoms with Gasteiger partial charge in [-0.05, 0) is 12.1 Å². The molecule has 2 N–H and O–H groups in total. The van der Waals surface area contributed by atoms with Crippen LogP contribution < -0.4 is 5.69 Å². The highest BCUT2D eigenvalue weighted by atomic mass is 19.1. The highest BCUT2D eigenvalue weighted by Crippen LogP contribution is 2.26. The van der Waals surface area contributed by atoms with E-state index in [-0.39, 0.29) is 5.69 Å². The molecule has 0 aliphatic carbocycles. The molecule has 0 aliphatic rings. The van der Waals surface area contributed by atoms with Crippen molar-refractivity contribution in [3.8, 4) is 17.4 Å². The van der Waals surface area contributed by atoms with E-state index >= 15 is 0 Å². The molecule has 2 rings (SSSR count). The highest BCUT2D eigenvalue weighted by Gasteiger charge is 2.19. The number of aromatic nitrogens is 2. The molecule has 16 heavy (non-hydrogen) atoms. The van der Waals surface area contributed by atoms with Crippen molar-refractivity contribution >= 4 is 0 Å². The summed E-state index contributed by atoms with van der Waals surface area (Å²) in [5.74, 6) is -1.95. The fourth-order valence-corrected chi connectivity index (χ4v) is 1.43. The van der Waals surface area contributed by atoms with Crippen molar-refractivity contribution in [3.63, 3.8) is 0 Å². The molecule has 6 heteroatoms. The van der Waals surface area contributed by atoms with Crippen molar-refractivity contribution in [3.05, 3.63) is 40.6 Å². The molecule has 0 aliphatic heterocycles. The van der Waals surface area contributed by atoms with E-state index in [0.29, 0.717) is 4.57 Å². The number of para-hydroxylation sites is 1. The lowest BCUT2D eigenvalue weighted by Crippen LogP contribution is -2.21. The summed E-state index contributed by atoms with van der Waals surface area (Å²) in [4.78, 5) is 11.6. The van der Waals surface area contributed by atoms with Crippen molar-refractivity contribution in [1.29, 1.82) is 0 Å². The van der Waals surface area contributed by atoms with E-state index in [0.717, 1.165) is 10.6 Å². The first-order valence-electron chi connectivity index (χ1n) is 4.48. The van der Waals surface area contributed by atoms with E-state index in [2.05, 4.69) is 0 Å². The third-order valence-corrected chi connectivity index (χ3v) is 2.30. The molecule has 1 aromatic heterocycles. The van der Waals surface area contributed by atoms with Gasteiger partial charge in [0.25, 0.3) is 11.8 Å². The predicted octanol–water partition coefficient (Wildman–Crippen LogP) is 0.726. The number of hydrogen-bond acceptors (Lipinski definition) is 3. The van der Waals surface area contributed by atoms with Gasteiger partial charge in [0, 0.05) is 7.05 Å². The van der Waals surface area contributed by atoms with Crippen LogP contribution in [0.2, 0.25) is 0 Å². The Labute approximate surface area is 89.6 Å². The van der Waals surface area contributed by atoms with E-state index in [1.165, 1.54) is 25.2 Å². The van der Waals surface area contributed by atoms with Gasteiger partial charge < -0.3 is 10.2 Å². The van der Waals surface area contributed by atoms with Crippen LogP contribution in [0.1, 0.15) is 0 Å². The lowest BCUT2D eigenvalue weighted by atomic mass is 10.3. The first kappa shape index (κ1) is 10.3. The van der Waals surface area contributed by atoms with E-state index in [1.54, 1.807) is 0 Å². The zero-order chi connectivity index (χ0) is 11.9. The number of halogens is 1. The molecule has 0 spiro atoms. The number of nitrogens with zero attached hydrogens (tertiary/aromatic N) is 2. The second-order valence-electron chi connectivity index (χ2n) is 3.28. The topological polar surface area (TPSA) is 67.4 Å². The Morgan fingerprint density at radius 3 is 2.31 bits per heavy atom. The fourth-order valence-electron chi connectivity index (χ4n) is 1.43. The van der Waals surface area contributed by atoms with Gasteiger partial charge in [-0.25, -0.2) is 13.8 Å². The standard InChI is InChI=1S/C10H9FN2O3/c1-12-8(14)9(15)13(10(12)16)7-5-3-2-4-6(7)11/h2-5,14-15H,1H3. The molecule has 0 amide bonds. The minimum absolute atomic E-state index is 0.110. The molecule has 2 aromatic rings. The highest BCUT2D eigenvalue weighted by molar-refractivity contribution is 5.40. The summed E-state index contributed by atoms with van der Waals surface area (Å²) in [5.41, 5.74) is -0.832. The summed E-state index contributed by atoms with van der Waals surface area (Å²) in [7, 11) is 1.27. The lowest BCUT2D eigenvalue weighted by molar-refractivity contribution is 0.368. The minimum Gasteiger partial charge on any atom is -0.491 e. The Hall–Kier alpha value is -2.24. The molecule has 0 saturated heterocycles. The molecule has 0 bridgehead atoms. The summed E-state index contributed by atoms with van der Waals surface area (Å²) < 4.78 is 14.9. The number of aromatic hydroxyl groups is 2. The Bertz CT molecular complexity index is 601. The summed E-state index contributed by atoms with van der Waals surface area (Å²) in [6.07, 6.45) is 0. The van der Waals surface area contributed by atoms with E-state index in [4.69, 9.17) is 0 Å². The summed E-state index contributed by atoms with van der Waals surface area (Å²) >= 11 is 0. The normalized spacial score (nSPS) is 10.6. The van der Waals surface area contributed by atoms with E-state index in [1.807, 2.05) is 0 Å². The van der Waals surface area contributed by atoms with Crippen molar-refractivity contribution in [2.24, 2.45) is 7.05 Å². The first-order chi connectivity index (χ1) is 7.54. The number of hydrogen-bond donors (Lipinski definition) is 2. The van der Waals surface area contributed by atoms with Crippen LogP contribution >= 0.6 is 0 Å². The summed E-state index contributed by atoms with van der Waals surface area (Å²) in [5, 5.41) is 18.8. The van der Waals surface area contributed by atoms with Crippen molar-refractivity contribution in [2.75, 3.05) is 0 Å². The van der Waals surface area contributed by atoms with Gasteiger partial charge in [0.05, 0.1) is 5.69 Å². The Kier molecular flexibility index (Phi) is 2.19. The SMILES string of the molecule is Cn1c(O)c(O)n(-c2ccccc2F)c1=O. The Morgan fingerprint density at radius 2 is 1.81 bits per heavy atom. The maximum absolute atomic E-state index is 13.4. The monoisotopic (exact) mass is 224 g/mol. The molecule has 0 radical (unpaired) electrons. The van der Waals surface area contributed by atoms with Crippen LogP contribution in [0.5, 0.6) is 11.8 Å². The van der Waals surface area contributed by atoms with Crippen molar-refractivity contribution < 1.29 is 14.6 Å². The van der Waals surface area contributed by atoms with E-state index in [9.17, 15) is 19.4 Å². The van der Waals surface area contributed by atoms with Crippen molar-refractivity contribution in [1.82, 2.24) is 9.13 Å². The average molecular weight is 224 g/mol. The molecule has 0 unspecified atom stereocenters. The summed E-state index contributed by atoms with van der Waals surface area (Å²) in [6.45, 7) is 0. The molecular formula is C10H9FN2O3. The van der Waals surface area contributed by atoms with Crippen LogP contribution in [0.15, 0.2) is 29.1 Å². The van der Waals surface area contributed by atoms with Gasteiger partial charge in [0.15, 0.2) is 0 Å². The van der Waals surface area contributed by atoms with Crippen LogP contribution in [0, 0.1) is 5.82 Å². The van der Waals surface area contributed by atoms with Gasteiger partial charge in [-0.1, -0.05) is 12.1 Å². The number of benzene rings is 1. The average Bonchev–Trinajstić information content (AvgIpc) is 2.45. The van der Waals surface area contributed by atoms with Gasteiger partial charge in [-0.2, -0.15) is 0 Å². The van der Waals surface area contributed by atoms with E-state index < -0.39 is 23.3 Å². The van der Waals surface area contributed by atoms with Crippen LogP contribution in [0.3, 0.4) is 0 Å². The van der Waals surface area contributed by atoms with Gasteiger partial charge in [-0.15, -0.1) is 0 Å². The second-order valence-corrected chi connectivity index (χ2v) is 3.28. The molecule has 1 heterocycles. The molecule has 0 fully saturated rings. The van der Waals surface area contributed by atoms with Gasteiger partial charge >= 0.3 is 5.69 Å². The fraction of sp³-hybridized carbons (Fsp3) is 0.100. The molecule has 5 nitrogen and oxygen atoms in total. The lowest BCUT2D eigenvalue weighted by Gasteiger charge is -2.03. The van der Waals surface area contributed by atoms with Gasteiger partial charge in [0.1, 0.15) is 5.82 Å². The molecule has 1 aromatic carbocycles. The molecule has 0 saturated carbocycles. The molecule has 84 valence electrons. The van der Waals surface area contributed by atoms with Gasteiger partial charge in [0.2, 0.25) is 0 Å². The zero-order valence-corrected chi connectivity index (χ0v) is 8.38. The Balaban J connectivity index is 2.80. The van der Waals surface area contributed by atoms with Crippen molar-refractivity contribution in [2.45, 2.75) is 0 Å². The maximum Gasteiger partial charge on any atom is 0.338 e. The van der Waals surface area contributed by atoms with Crippen LogP contribution in [-0.2, 0) is 7.05 Å². The number of imidazole rings is 1. The maximum atomic E-state index is 13.4. The van der Waals surface area contributed by atoms with Crippen LogP contribution in [0.4, 0.5) is 4.39 Å². The quantitative estimate of drug-likeness (QED) is 0.750. The first-order valence-corrected chi connectivity index (χ1v) is 4.48. The smallest absolute Gasteiger partial charge is 0.338 e. The molecule has 0 atom stereocenters. The Morgan fingerprint density at radius 1 is 1.19 bits per heavy atom. The second kappa shape index (κ2) is 3.41. The minimum atomic E-state index is -0.722. The van der Waals surface area contributed by atoms with Crippen LogP contribution in [-0.4, -0.2) is 19.3 Å². The third kappa shape index (κ3) is 1.27. The third-order valence-electron chi connectivity index (χ3n) is 2.30. The summed E-state index contributed by atoms with van der Waals surface area (Å²) in [6, 6.07) is 5.47.